The Morgan fingerprint density at radius 3 is 2.40 bits per heavy atom. The first-order valence-corrected chi connectivity index (χ1v) is 9.67. The number of methoxy groups -OCH3 is 2. The van der Waals surface area contributed by atoms with Crippen molar-refractivity contribution < 1.29 is 23.9 Å². The first-order chi connectivity index (χ1) is 14.5. The minimum atomic E-state index is -0.403. The van der Waals surface area contributed by atoms with Gasteiger partial charge in [0.1, 0.15) is 0 Å². The van der Waals surface area contributed by atoms with Gasteiger partial charge in [0, 0.05) is 37.3 Å². The van der Waals surface area contributed by atoms with Gasteiger partial charge in [0.05, 0.1) is 20.1 Å². The number of carbonyl (C=O) groups excluding carboxylic acids is 3. The quantitative estimate of drug-likeness (QED) is 0.643. The molecule has 3 amide bonds. The molecule has 2 aromatic carbocycles. The van der Waals surface area contributed by atoms with Crippen molar-refractivity contribution in [1.82, 2.24) is 10.6 Å². The monoisotopic (exact) mass is 411 g/mol. The highest BCUT2D eigenvalue weighted by Gasteiger charge is 2.34. The van der Waals surface area contributed by atoms with E-state index in [4.69, 9.17) is 9.47 Å². The summed E-state index contributed by atoms with van der Waals surface area (Å²) < 4.78 is 10.4. The lowest BCUT2D eigenvalue weighted by Crippen LogP contribution is -2.38. The number of rotatable bonds is 8. The van der Waals surface area contributed by atoms with Crippen LogP contribution in [0.3, 0.4) is 0 Å². The normalized spacial score (nSPS) is 15.6. The molecule has 2 aromatic rings. The third-order valence-corrected chi connectivity index (χ3v) is 4.92. The highest BCUT2D eigenvalue weighted by molar-refractivity contribution is 6.00. The highest BCUT2D eigenvalue weighted by Crippen LogP contribution is 2.27. The summed E-state index contributed by atoms with van der Waals surface area (Å²) in [7, 11) is 3.03. The number of hydrogen-bond donors (Lipinski definition) is 2. The van der Waals surface area contributed by atoms with Crippen molar-refractivity contribution in [3.05, 3.63) is 54.1 Å². The fourth-order valence-electron chi connectivity index (χ4n) is 3.33. The van der Waals surface area contributed by atoms with Gasteiger partial charge in [-0.25, -0.2) is 0 Å². The van der Waals surface area contributed by atoms with Gasteiger partial charge >= 0.3 is 0 Å². The maximum Gasteiger partial charge on any atom is 0.251 e. The summed E-state index contributed by atoms with van der Waals surface area (Å²) in [5.74, 6) is 0.0605. The molecule has 1 aliphatic rings. The molecule has 0 bridgehead atoms. The molecular weight excluding hydrogens is 386 g/mol. The van der Waals surface area contributed by atoms with Crippen molar-refractivity contribution in [2.75, 3.05) is 38.8 Å². The second kappa shape index (κ2) is 9.78. The van der Waals surface area contributed by atoms with Crippen LogP contribution >= 0.6 is 0 Å². The topological polar surface area (TPSA) is 97.0 Å². The van der Waals surface area contributed by atoms with E-state index in [1.165, 1.54) is 14.2 Å². The van der Waals surface area contributed by atoms with Crippen LogP contribution in [-0.2, 0) is 9.59 Å². The van der Waals surface area contributed by atoms with Gasteiger partial charge < -0.3 is 25.0 Å². The molecule has 1 atom stereocenters. The number of anilines is 1. The van der Waals surface area contributed by atoms with E-state index < -0.39 is 5.92 Å². The molecule has 0 saturated carbocycles. The summed E-state index contributed by atoms with van der Waals surface area (Å²) >= 11 is 0. The van der Waals surface area contributed by atoms with Gasteiger partial charge in [-0.05, 0) is 30.3 Å². The zero-order valence-electron chi connectivity index (χ0n) is 17.0. The maximum absolute atomic E-state index is 12.4. The van der Waals surface area contributed by atoms with E-state index in [0.29, 0.717) is 23.6 Å². The number of hydrogen-bond acceptors (Lipinski definition) is 5. The standard InChI is InChI=1S/C22H25N3O5/c1-29-18-9-8-15(12-19(18)30-2)21(27)23-10-11-24-22(28)16-13-20(26)25(14-16)17-6-4-3-5-7-17/h3-9,12,16H,10-11,13-14H2,1-2H3,(H,23,27)(H,24,28)/t16-/m1/s1. The molecule has 0 aliphatic carbocycles. The van der Waals surface area contributed by atoms with Crippen LogP contribution in [0.2, 0.25) is 0 Å². The number of amides is 3. The SMILES string of the molecule is COc1ccc(C(=O)NCCNC(=O)[C@@H]2CC(=O)N(c3ccccc3)C2)cc1OC. The number of para-hydroxylation sites is 1. The molecule has 0 aromatic heterocycles. The Morgan fingerprint density at radius 2 is 1.70 bits per heavy atom. The summed E-state index contributed by atoms with van der Waals surface area (Å²) in [5.41, 5.74) is 1.22. The van der Waals surface area contributed by atoms with Crippen LogP contribution in [0.1, 0.15) is 16.8 Å². The van der Waals surface area contributed by atoms with Crippen molar-refractivity contribution in [2.45, 2.75) is 6.42 Å². The van der Waals surface area contributed by atoms with Gasteiger partial charge in [0.15, 0.2) is 11.5 Å². The average Bonchev–Trinajstić information content (AvgIpc) is 3.18. The van der Waals surface area contributed by atoms with Gasteiger partial charge in [0.2, 0.25) is 11.8 Å². The number of ether oxygens (including phenoxy) is 2. The molecule has 0 radical (unpaired) electrons. The second-order valence-corrected chi connectivity index (χ2v) is 6.86. The van der Waals surface area contributed by atoms with Crippen molar-refractivity contribution in [3.8, 4) is 11.5 Å². The zero-order chi connectivity index (χ0) is 21.5. The number of benzene rings is 2. The van der Waals surface area contributed by atoms with Crippen molar-refractivity contribution in [1.29, 1.82) is 0 Å². The summed E-state index contributed by atoms with van der Waals surface area (Å²) in [6, 6.07) is 14.2. The first-order valence-electron chi connectivity index (χ1n) is 9.67. The van der Waals surface area contributed by atoms with Gasteiger partial charge in [-0.1, -0.05) is 18.2 Å². The lowest BCUT2D eigenvalue weighted by molar-refractivity contribution is -0.126. The Bertz CT molecular complexity index is 916. The maximum atomic E-state index is 12.4. The van der Waals surface area contributed by atoms with Crippen molar-refractivity contribution >= 4 is 23.4 Å². The predicted octanol–water partition coefficient (Wildman–Crippen LogP) is 1.60. The smallest absolute Gasteiger partial charge is 0.251 e. The minimum absolute atomic E-state index is 0.0666. The Labute approximate surface area is 175 Å². The molecule has 8 heteroatoms. The fraction of sp³-hybridized carbons (Fsp3) is 0.318. The Morgan fingerprint density at radius 1 is 1.00 bits per heavy atom. The van der Waals surface area contributed by atoms with Crippen LogP contribution in [0, 0.1) is 5.92 Å². The molecular formula is C22H25N3O5. The molecule has 0 unspecified atom stereocenters. The first kappa shape index (κ1) is 21.2. The molecule has 1 heterocycles. The zero-order valence-corrected chi connectivity index (χ0v) is 17.0. The van der Waals surface area contributed by atoms with Crippen LogP contribution in [0.5, 0.6) is 11.5 Å². The Balaban J connectivity index is 1.45. The molecule has 1 fully saturated rings. The van der Waals surface area contributed by atoms with Crippen LogP contribution in [0.25, 0.3) is 0 Å². The molecule has 0 spiro atoms. The van der Waals surface area contributed by atoms with Gasteiger partial charge in [-0.2, -0.15) is 0 Å². The average molecular weight is 411 g/mol. The molecule has 30 heavy (non-hydrogen) atoms. The van der Waals surface area contributed by atoms with E-state index in [9.17, 15) is 14.4 Å². The summed E-state index contributed by atoms with van der Waals surface area (Å²) in [6.07, 6.45) is 0.179. The highest BCUT2D eigenvalue weighted by atomic mass is 16.5. The van der Waals surface area contributed by atoms with E-state index in [2.05, 4.69) is 10.6 Å². The van der Waals surface area contributed by atoms with E-state index in [1.807, 2.05) is 30.3 Å². The van der Waals surface area contributed by atoms with E-state index in [-0.39, 0.29) is 37.2 Å². The third kappa shape index (κ3) is 4.89. The molecule has 1 saturated heterocycles. The minimum Gasteiger partial charge on any atom is -0.493 e. The number of nitrogens with one attached hydrogen (secondary N) is 2. The van der Waals surface area contributed by atoms with Crippen molar-refractivity contribution in [3.63, 3.8) is 0 Å². The van der Waals surface area contributed by atoms with Gasteiger partial charge in [-0.3, -0.25) is 14.4 Å². The Hall–Kier alpha value is -3.55. The van der Waals surface area contributed by atoms with Crippen molar-refractivity contribution in [2.24, 2.45) is 5.92 Å². The lowest BCUT2D eigenvalue weighted by Gasteiger charge is -2.16. The van der Waals surface area contributed by atoms with Crippen LogP contribution in [-0.4, -0.2) is 51.6 Å². The largest absolute Gasteiger partial charge is 0.493 e. The van der Waals surface area contributed by atoms with E-state index >= 15 is 0 Å². The van der Waals surface area contributed by atoms with E-state index in [0.717, 1.165) is 5.69 Å². The predicted molar refractivity (Wildman–Crippen MR) is 112 cm³/mol. The molecule has 1 aliphatic heterocycles. The summed E-state index contributed by atoms with van der Waals surface area (Å²) in [4.78, 5) is 38.5. The molecule has 158 valence electrons. The summed E-state index contributed by atoms with van der Waals surface area (Å²) in [6.45, 7) is 0.891. The van der Waals surface area contributed by atoms with Crippen LogP contribution in [0.4, 0.5) is 5.69 Å². The van der Waals surface area contributed by atoms with E-state index in [1.54, 1.807) is 23.1 Å². The molecule has 8 nitrogen and oxygen atoms in total. The van der Waals surface area contributed by atoms with Crippen LogP contribution < -0.4 is 25.0 Å². The number of nitrogens with zero attached hydrogens (tertiary/aromatic N) is 1. The van der Waals surface area contributed by atoms with Crippen LogP contribution in [0.15, 0.2) is 48.5 Å². The number of carbonyl (C=O) groups is 3. The fourth-order valence-corrected chi connectivity index (χ4v) is 3.33. The Kier molecular flexibility index (Phi) is 6.90. The second-order valence-electron chi connectivity index (χ2n) is 6.86. The molecule has 3 rings (SSSR count). The third-order valence-electron chi connectivity index (χ3n) is 4.92. The lowest BCUT2D eigenvalue weighted by atomic mass is 10.1. The van der Waals surface area contributed by atoms with Gasteiger partial charge in [0.25, 0.3) is 5.91 Å². The summed E-state index contributed by atoms with van der Waals surface area (Å²) in [5, 5.41) is 5.54. The van der Waals surface area contributed by atoms with Gasteiger partial charge in [-0.15, -0.1) is 0 Å². The molecule has 2 N–H and O–H groups in total.